The van der Waals surface area contributed by atoms with E-state index in [1.165, 1.54) is 19.3 Å². The highest BCUT2D eigenvalue weighted by Gasteiger charge is 2.07. The molecule has 1 N–H and O–H groups in total. The number of hydrogen-bond donors (Lipinski definition) is 1. The first-order valence-electron chi connectivity index (χ1n) is 5.52. The van der Waals surface area contributed by atoms with Crippen molar-refractivity contribution in [2.45, 2.75) is 39.0 Å². The molecule has 0 amide bonds. The van der Waals surface area contributed by atoms with Gasteiger partial charge in [-0.05, 0) is 36.8 Å². The van der Waals surface area contributed by atoms with E-state index in [0.29, 0.717) is 6.42 Å². The zero-order chi connectivity index (χ0) is 11.1. The Balaban J connectivity index is 0.000000167. The minimum Gasteiger partial charge on any atom is -0.481 e. The lowest BCUT2D eigenvalue weighted by molar-refractivity contribution is -0.137. The van der Waals surface area contributed by atoms with Crippen molar-refractivity contribution in [2.24, 2.45) is 0 Å². The van der Waals surface area contributed by atoms with E-state index in [1.54, 1.807) is 11.1 Å². The number of aryl methyl sites for hydroxylation is 2. The number of carboxylic acids is 1. The third kappa shape index (κ3) is 4.15. The number of hydrogen-bond acceptors (Lipinski definition) is 1. The van der Waals surface area contributed by atoms with E-state index >= 15 is 0 Å². The first kappa shape index (κ1) is 11.8. The molecule has 0 heterocycles. The molecule has 0 saturated heterocycles. The van der Waals surface area contributed by atoms with Crippen LogP contribution in [0.5, 0.6) is 0 Å². The van der Waals surface area contributed by atoms with Crippen LogP contribution in [0.2, 0.25) is 0 Å². The van der Waals surface area contributed by atoms with Gasteiger partial charge in [0.25, 0.3) is 0 Å². The predicted molar refractivity (Wildman–Crippen MR) is 61.0 cm³/mol. The first-order valence-corrected chi connectivity index (χ1v) is 5.52. The van der Waals surface area contributed by atoms with E-state index in [0.717, 1.165) is 6.42 Å². The lowest BCUT2D eigenvalue weighted by Crippen LogP contribution is -1.90. The van der Waals surface area contributed by atoms with E-state index < -0.39 is 5.97 Å². The summed E-state index contributed by atoms with van der Waals surface area (Å²) in [5, 5.41) is 7.91. The van der Waals surface area contributed by atoms with Crippen LogP contribution in [0.3, 0.4) is 0 Å². The van der Waals surface area contributed by atoms with Crippen molar-refractivity contribution in [1.29, 1.82) is 0 Å². The van der Waals surface area contributed by atoms with Crippen LogP contribution in [-0.4, -0.2) is 11.1 Å². The molecular formula is C13H18O2. The molecule has 0 fully saturated rings. The molecule has 15 heavy (non-hydrogen) atoms. The second kappa shape index (κ2) is 6.23. The van der Waals surface area contributed by atoms with Crippen LogP contribution < -0.4 is 0 Å². The van der Waals surface area contributed by atoms with Gasteiger partial charge in [-0.25, -0.2) is 0 Å². The van der Waals surface area contributed by atoms with Crippen LogP contribution in [0, 0.1) is 0 Å². The number of fused-ring (bicyclic) bond motifs is 1. The Hall–Kier alpha value is -1.31. The average molecular weight is 206 g/mol. The fraction of sp³-hybridized carbons (Fsp3) is 0.462. The molecule has 0 radical (unpaired) electrons. The lowest BCUT2D eigenvalue weighted by Gasteiger charge is -1.93. The third-order valence-electron chi connectivity index (χ3n) is 2.47. The molecule has 0 aromatic heterocycles. The third-order valence-corrected chi connectivity index (χ3v) is 2.47. The van der Waals surface area contributed by atoms with E-state index in [4.69, 9.17) is 5.11 Å². The van der Waals surface area contributed by atoms with Crippen molar-refractivity contribution in [3.05, 3.63) is 35.4 Å². The lowest BCUT2D eigenvalue weighted by atomic mass is 10.1. The average Bonchev–Trinajstić information content (AvgIpc) is 2.65. The molecule has 1 aromatic carbocycles. The van der Waals surface area contributed by atoms with Crippen LogP contribution in [0.25, 0.3) is 0 Å². The van der Waals surface area contributed by atoms with Crippen LogP contribution in [0.1, 0.15) is 37.3 Å². The highest BCUT2D eigenvalue weighted by molar-refractivity contribution is 5.66. The van der Waals surface area contributed by atoms with E-state index in [9.17, 15) is 4.79 Å². The Bertz CT molecular complexity index is 295. The topological polar surface area (TPSA) is 37.3 Å². The number of carboxylic acid groups (broad SMARTS) is 1. The van der Waals surface area contributed by atoms with Gasteiger partial charge in [0.15, 0.2) is 0 Å². The summed E-state index contributed by atoms with van der Waals surface area (Å²) in [6.45, 7) is 1.84. The van der Waals surface area contributed by atoms with E-state index in [1.807, 2.05) is 6.92 Å². The van der Waals surface area contributed by atoms with E-state index in [-0.39, 0.29) is 0 Å². The fourth-order valence-corrected chi connectivity index (χ4v) is 1.73. The van der Waals surface area contributed by atoms with Crippen LogP contribution in [-0.2, 0) is 17.6 Å². The molecule has 0 aliphatic heterocycles. The molecule has 1 aliphatic rings. The number of benzene rings is 1. The maximum absolute atomic E-state index is 9.60. The quantitative estimate of drug-likeness (QED) is 0.807. The first-order chi connectivity index (χ1) is 7.24. The molecule has 2 heteroatoms. The summed E-state index contributed by atoms with van der Waals surface area (Å²) in [6, 6.07) is 8.74. The summed E-state index contributed by atoms with van der Waals surface area (Å²) in [5.41, 5.74) is 3.13. The van der Waals surface area contributed by atoms with Crippen LogP contribution in [0.15, 0.2) is 24.3 Å². The second-order valence-corrected chi connectivity index (χ2v) is 3.77. The Morgan fingerprint density at radius 3 is 2.13 bits per heavy atom. The van der Waals surface area contributed by atoms with Gasteiger partial charge in [-0.1, -0.05) is 31.2 Å². The van der Waals surface area contributed by atoms with Gasteiger partial charge in [0.2, 0.25) is 0 Å². The van der Waals surface area contributed by atoms with Gasteiger partial charge in [-0.2, -0.15) is 0 Å². The number of rotatable bonds is 2. The second-order valence-electron chi connectivity index (χ2n) is 3.77. The molecule has 2 nitrogen and oxygen atoms in total. The molecule has 1 aromatic rings. The normalized spacial score (nSPS) is 12.6. The monoisotopic (exact) mass is 206 g/mol. The predicted octanol–water partition coefficient (Wildman–Crippen LogP) is 3.05. The molecule has 0 spiro atoms. The van der Waals surface area contributed by atoms with Crippen molar-refractivity contribution in [2.75, 3.05) is 0 Å². The Morgan fingerprint density at radius 1 is 1.27 bits per heavy atom. The smallest absolute Gasteiger partial charge is 0.303 e. The Morgan fingerprint density at radius 2 is 1.80 bits per heavy atom. The standard InChI is InChI=1S/C9H10.C4H8O2/c1-2-5-9-7-3-6-8(9)4-1;1-2-3-4(5)6/h1-2,4-5H,3,6-7H2;2-3H2,1H3,(H,5,6). The Labute approximate surface area is 90.9 Å². The fourth-order valence-electron chi connectivity index (χ4n) is 1.73. The number of carbonyl (C=O) groups is 1. The summed E-state index contributed by atoms with van der Waals surface area (Å²) in [7, 11) is 0. The summed E-state index contributed by atoms with van der Waals surface area (Å²) in [6.07, 6.45) is 4.99. The van der Waals surface area contributed by atoms with Gasteiger partial charge in [0, 0.05) is 6.42 Å². The molecule has 0 unspecified atom stereocenters. The van der Waals surface area contributed by atoms with Crippen molar-refractivity contribution < 1.29 is 9.90 Å². The maximum atomic E-state index is 9.60. The van der Waals surface area contributed by atoms with Gasteiger partial charge >= 0.3 is 5.97 Å². The summed E-state index contributed by atoms with van der Waals surface area (Å²) in [5.74, 6) is -0.711. The zero-order valence-corrected chi connectivity index (χ0v) is 9.20. The van der Waals surface area contributed by atoms with Crippen LogP contribution in [0.4, 0.5) is 0 Å². The summed E-state index contributed by atoms with van der Waals surface area (Å²) < 4.78 is 0. The van der Waals surface area contributed by atoms with Crippen molar-refractivity contribution >= 4 is 5.97 Å². The van der Waals surface area contributed by atoms with Gasteiger partial charge in [-0.3, -0.25) is 4.79 Å². The zero-order valence-electron chi connectivity index (χ0n) is 9.20. The van der Waals surface area contributed by atoms with Gasteiger partial charge in [0.1, 0.15) is 0 Å². The molecular weight excluding hydrogens is 188 g/mol. The van der Waals surface area contributed by atoms with Crippen LogP contribution >= 0.6 is 0 Å². The minimum atomic E-state index is -0.711. The van der Waals surface area contributed by atoms with Gasteiger partial charge in [0.05, 0.1) is 0 Å². The van der Waals surface area contributed by atoms with Crippen molar-refractivity contribution in [3.8, 4) is 0 Å². The summed E-state index contributed by atoms with van der Waals surface area (Å²) in [4.78, 5) is 9.60. The SMILES string of the molecule is CCCC(=O)O.c1ccc2c(c1)CCC2. The molecule has 1 aliphatic carbocycles. The Kier molecular flexibility index (Phi) is 4.88. The number of aliphatic carboxylic acids is 1. The maximum Gasteiger partial charge on any atom is 0.303 e. The highest BCUT2D eigenvalue weighted by Crippen LogP contribution is 2.20. The molecule has 2 rings (SSSR count). The van der Waals surface area contributed by atoms with Crippen molar-refractivity contribution in [3.63, 3.8) is 0 Å². The molecule has 82 valence electrons. The summed E-state index contributed by atoms with van der Waals surface area (Å²) >= 11 is 0. The minimum absolute atomic E-state index is 0.292. The largest absolute Gasteiger partial charge is 0.481 e. The van der Waals surface area contributed by atoms with E-state index in [2.05, 4.69) is 24.3 Å². The van der Waals surface area contributed by atoms with Gasteiger partial charge < -0.3 is 5.11 Å². The molecule has 0 atom stereocenters. The van der Waals surface area contributed by atoms with Gasteiger partial charge in [-0.15, -0.1) is 0 Å². The molecule has 0 saturated carbocycles. The van der Waals surface area contributed by atoms with Crippen molar-refractivity contribution in [1.82, 2.24) is 0 Å². The highest BCUT2D eigenvalue weighted by atomic mass is 16.4. The molecule has 0 bridgehead atoms.